The Morgan fingerprint density at radius 2 is 2.11 bits per heavy atom. The number of carbonyl (C=O) groups excluding carboxylic acids is 1. The minimum Gasteiger partial charge on any atom is -0.354 e. The fourth-order valence-corrected chi connectivity index (χ4v) is 3.06. The minimum absolute atomic E-state index is 0.166. The van der Waals surface area contributed by atoms with Crippen LogP contribution in [0.1, 0.15) is 33.1 Å². The van der Waals surface area contributed by atoms with Crippen LogP contribution in [0.2, 0.25) is 0 Å². The van der Waals surface area contributed by atoms with Gasteiger partial charge >= 0.3 is 0 Å². The van der Waals surface area contributed by atoms with E-state index in [4.69, 9.17) is 0 Å². The molecule has 2 aliphatic heterocycles. The van der Waals surface area contributed by atoms with Crippen LogP contribution >= 0.6 is 0 Å². The van der Waals surface area contributed by atoms with Crippen LogP contribution in [0.15, 0.2) is 0 Å². The van der Waals surface area contributed by atoms with Gasteiger partial charge in [-0.25, -0.2) is 0 Å². The first-order chi connectivity index (χ1) is 8.66. The molecule has 1 amide bonds. The largest absolute Gasteiger partial charge is 0.354 e. The fourth-order valence-electron chi connectivity index (χ4n) is 3.06. The lowest BCUT2D eigenvalue weighted by Crippen LogP contribution is -2.47. The lowest BCUT2D eigenvalue weighted by molar-refractivity contribution is -0.126. The van der Waals surface area contributed by atoms with E-state index in [-0.39, 0.29) is 11.8 Å². The van der Waals surface area contributed by atoms with Crippen molar-refractivity contribution >= 4 is 5.91 Å². The lowest BCUT2D eigenvalue weighted by Gasteiger charge is -2.28. The predicted octanol–water partition coefficient (Wildman–Crippen LogP) is 0.833. The van der Waals surface area contributed by atoms with Crippen molar-refractivity contribution < 1.29 is 4.79 Å². The molecule has 0 aromatic heterocycles. The van der Waals surface area contributed by atoms with E-state index in [0.29, 0.717) is 12.0 Å². The number of nitrogens with one attached hydrogen (secondary N) is 2. The summed E-state index contributed by atoms with van der Waals surface area (Å²) in [4.78, 5) is 14.6. The van der Waals surface area contributed by atoms with Crippen LogP contribution in [-0.2, 0) is 4.79 Å². The van der Waals surface area contributed by atoms with Gasteiger partial charge in [-0.1, -0.05) is 6.92 Å². The van der Waals surface area contributed by atoms with Crippen LogP contribution in [0.5, 0.6) is 0 Å². The molecule has 0 bridgehead atoms. The monoisotopic (exact) mass is 253 g/mol. The number of hydrogen-bond acceptors (Lipinski definition) is 3. The maximum Gasteiger partial charge on any atom is 0.224 e. The summed E-state index contributed by atoms with van der Waals surface area (Å²) >= 11 is 0. The molecule has 104 valence electrons. The second-order valence-corrected chi connectivity index (χ2v) is 6.03. The van der Waals surface area contributed by atoms with Gasteiger partial charge < -0.3 is 10.6 Å². The quantitative estimate of drug-likeness (QED) is 0.780. The summed E-state index contributed by atoms with van der Waals surface area (Å²) < 4.78 is 0. The average Bonchev–Trinajstić information content (AvgIpc) is 2.89. The zero-order chi connectivity index (χ0) is 13.0. The average molecular weight is 253 g/mol. The molecule has 0 aliphatic carbocycles. The Bertz CT molecular complexity index is 276. The number of piperidine rings is 1. The molecule has 18 heavy (non-hydrogen) atoms. The summed E-state index contributed by atoms with van der Waals surface area (Å²) in [6, 6.07) is 0.477. The van der Waals surface area contributed by atoms with Gasteiger partial charge in [0.15, 0.2) is 0 Å². The highest BCUT2D eigenvalue weighted by Crippen LogP contribution is 2.16. The normalized spacial score (nSPS) is 31.2. The Labute approximate surface area is 110 Å². The van der Waals surface area contributed by atoms with Gasteiger partial charge in [-0.3, -0.25) is 9.69 Å². The van der Waals surface area contributed by atoms with Crippen molar-refractivity contribution in [2.45, 2.75) is 39.2 Å². The van der Waals surface area contributed by atoms with Crippen LogP contribution in [-0.4, -0.2) is 49.6 Å². The third-order valence-electron chi connectivity index (χ3n) is 4.28. The molecule has 4 heteroatoms. The van der Waals surface area contributed by atoms with Crippen molar-refractivity contribution in [3.8, 4) is 0 Å². The highest BCUT2D eigenvalue weighted by molar-refractivity contribution is 5.79. The van der Waals surface area contributed by atoms with E-state index >= 15 is 0 Å². The first-order valence-electron chi connectivity index (χ1n) is 7.39. The molecule has 0 spiro atoms. The summed E-state index contributed by atoms with van der Waals surface area (Å²) in [5.74, 6) is 1.02. The molecule has 3 unspecified atom stereocenters. The van der Waals surface area contributed by atoms with Crippen molar-refractivity contribution in [3.05, 3.63) is 0 Å². The van der Waals surface area contributed by atoms with Crippen molar-refractivity contribution in [3.63, 3.8) is 0 Å². The van der Waals surface area contributed by atoms with E-state index < -0.39 is 0 Å². The van der Waals surface area contributed by atoms with E-state index in [2.05, 4.69) is 29.4 Å². The van der Waals surface area contributed by atoms with E-state index in [0.717, 1.165) is 26.1 Å². The molecule has 0 aromatic rings. The molecule has 2 fully saturated rings. The molecule has 2 heterocycles. The number of nitrogens with zero attached hydrogens (tertiary/aromatic N) is 1. The van der Waals surface area contributed by atoms with Crippen molar-refractivity contribution in [2.75, 3.05) is 32.7 Å². The molecule has 2 aliphatic rings. The maximum atomic E-state index is 12.1. The molecule has 3 atom stereocenters. The second kappa shape index (κ2) is 6.53. The molecular weight excluding hydrogens is 226 g/mol. The van der Waals surface area contributed by atoms with Gasteiger partial charge in [-0.2, -0.15) is 0 Å². The van der Waals surface area contributed by atoms with Gasteiger partial charge in [0.2, 0.25) is 5.91 Å². The summed E-state index contributed by atoms with van der Waals surface area (Å²) in [5.41, 5.74) is 0. The van der Waals surface area contributed by atoms with Crippen LogP contribution in [0, 0.1) is 11.8 Å². The Morgan fingerprint density at radius 1 is 1.39 bits per heavy atom. The minimum atomic E-state index is 0.166. The summed E-state index contributed by atoms with van der Waals surface area (Å²) in [6.45, 7) is 9.50. The van der Waals surface area contributed by atoms with Crippen molar-refractivity contribution in [1.82, 2.24) is 15.5 Å². The van der Waals surface area contributed by atoms with Gasteiger partial charge in [0, 0.05) is 19.1 Å². The van der Waals surface area contributed by atoms with Gasteiger partial charge in [-0.15, -0.1) is 0 Å². The van der Waals surface area contributed by atoms with Crippen LogP contribution in [0.25, 0.3) is 0 Å². The number of carbonyl (C=O) groups is 1. The number of rotatable bonds is 4. The molecule has 4 nitrogen and oxygen atoms in total. The Kier molecular flexibility index (Phi) is 5.01. The SMILES string of the molecule is CC1CNCC(C(=O)NCC(C)N2CCCC2)C1. The van der Waals surface area contributed by atoms with E-state index in [1.54, 1.807) is 0 Å². The number of likely N-dealkylation sites (tertiary alicyclic amines) is 1. The molecular formula is C14H27N3O. The van der Waals surface area contributed by atoms with Gasteiger partial charge in [0.25, 0.3) is 0 Å². The summed E-state index contributed by atoms with van der Waals surface area (Å²) in [6.07, 6.45) is 3.64. The van der Waals surface area contributed by atoms with E-state index in [9.17, 15) is 4.79 Å². The standard InChI is InChI=1S/C14H27N3O/c1-11-7-13(10-15-8-11)14(18)16-9-12(2)17-5-3-4-6-17/h11-13,15H,3-10H2,1-2H3,(H,16,18). The van der Waals surface area contributed by atoms with Crippen LogP contribution in [0.3, 0.4) is 0 Å². The molecule has 2 N–H and O–H groups in total. The second-order valence-electron chi connectivity index (χ2n) is 6.03. The van der Waals surface area contributed by atoms with Crippen LogP contribution < -0.4 is 10.6 Å². The molecule has 0 saturated carbocycles. The topological polar surface area (TPSA) is 44.4 Å². The number of hydrogen-bond donors (Lipinski definition) is 2. The zero-order valence-corrected chi connectivity index (χ0v) is 11.7. The fraction of sp³-hybridized carbons (Fsp3) is 0.929. The van der Waals surface area contributed by atoms with E-state index in [1.165, 1.54) is 25.9 Å². The molecule has 2 rings (SSSR count). The Balaban J connectivity index is 1.70. The predicted molar refractivity (Wildman–Crippen MR) is 73.4 cm³/mol. The third kappa shape index (κ3) is 3.69. The summed E-state index contributed by atoms with van der Waals surface area (Å²) in [5, 5.41) is 6.47. The Morgan fingerprint density at radius 3 is 2.78 bits per heavy atom. The third-order valence-corrected chi connectivity index (χ3v) is 4.28. The lowest BCUT2D eigenvalue weighted by atomic mass is 9.91. The highest BCUT2D eigenvalue weighted by Gasteiger charge is 2.25. The van der Waals surface area contributed by atoms with Gasteiger partial charge in [0.05, 0.1) is 5.92 Å². The highest BCUT2D eigenvalue weighted by atomic mass is 16.1. The molecule has 0 radical (unpaired) electrons. The van der Waals surface area contributed by atoms with Gasteiger partial charge in [0.1, 0.15) is 0 Å². The van der Waals surface area contributed by atoms with Crippen LogP contribution in [0.4, 0.5) is 0 Å². The van der Waals surface area contributed by atoms with E-state index in [1.807, 2.05) is 0 Å². The van der Waals surface area contributed by atoms with Crippen molar-refractivity contribution in [1.29, 1.82) is 0 Å². The Hall–Kier alpha value is -0.610. The van der Waals surface area contributed by atoms with Gasteiger partial charge in [-0.05, 0) is 51.7 Å². The number of amides is 1. The maximum absolute atomic E-state index is 12.1. The zero-order valence-electron chi connectivity index (χ0n) is 11.7. The smallest absolute Gasteiger partial charge is 0.224 e. The first kappa shape index (κ1) is 13.8. The molecule has 2 saturated heterocycles. The molecule has 0 aromatic carbocycles. The van der Waals surface area contributed by atoms with Crippen molar-refractivity contribution in [2.24, 2.45) is 11.8 Å². The first-order valence-corrected chi connectivity index (χ1v) is 7.39. The summed E-state index contributed by atoms with van der Waals surface area (Å²) in [7, 11) is 0.